The first-order valence-electron chi connectivity index (χ1n) is 6.61. The molecular weight excluding hydrogens is 262 g/mol. The highest BCUT2D eigenvalue weighted by molar-refractivity contribution is 7.10. The van der Waals surface area contributed by atoms with Gasteiger partial charge in [0.15, 0.2) is 0 Å². The molecule has 2 N–H and O–H groups in total. The highest BCUT2D eigenvalue weighted by atomic mass is 32.1. The van der Waals surface area contributed by atoms with Crippen molar-refractivity contribution < 1.29 is 14.7 Å². The van der Waals surface area contributed by atoms with Crippen molar-refractivity contribution in [3.63, 3.8) is 0 Å². The van der Waals surface area contributed by atoms with Gasteiger partial charge >= 0.3 is 5.97 Å². The Hall–Kier alpha value is -1.36. The zero-order valence-electron chi connectivity index (χ0n) is 11.0. The second-order valence-corrected chi connectivity index (χ2v) is 6.11. The Kier molecular flexibility index (Phi) is 4.58. The van der Waals surface area contributed by atoms with Gasteiger partial charge in [0.2, 0.25) is 5.91 Å². The Morgan fingerprint density at radius 2 is 2.16 bits per heavy atom. The van der Waals surface area contributed by atoms with Gasteiger partial charge in [-0.15, -0.1) is 11.3 Å². The quantitative estimate of drug-likeness (QED) is 0.869. The SMILES string of the molecule is Cc1ccsc1CCNC(=O)[C@@H]1CC[C@H](C(=O)O)C1. The van der Waals surface area contributed by atoms with Crippen LogP contribution < -0.4 is 5.32 Å². The molecule has 19 heavy (non-hydrogen) atoms. The largest absolute Gasteiger partial charge is 0.481 e. The molecule has 2 atom stereocenters. The molecular formula is C14H19NO3S. The van der Waals surface area contributed by atoms with Crippen LogP contribution in [0, 0.1) is 18.8 Å². The predicted molar refractivity (Wildman–Crippen MR) is 74.2 cm³/mol. The average molecular weight is 281 g/mol. The molecule has 0 radical (unpaired) electrons. The summed E-state index contributed by atoms with van der Waals surface area (Å²) >= 11 is 1.71. The summed E-state index contributed by atoms with van der Waals surface area (Å²) in [4.78, 5) is 24.1. The first kappa shape index (κ1) is 14.1. The van der Waals surface area contributed by atoms with Gasteiger partial charge in [0.05, 0.1) is 5.92 Å². The molecule has 1 aromatic rings. The van der Waals surface area contributed by atoms with Gasteiger partial charge in [-0.2, -0.15) is 0 Å². The Labute approximate surface area is 116 Å². The van der Waals surface area contributed by atoms with Gasteiger partial charge in [0.1, 0.15) is 0 Å². The number of rotatable bonds is 5. The summed E-state index contributed by atoms with van der Waals surface area (Å²) in [6.45, 7) is 2.70. The van der Waals surface area contributed by atoms with Crippen LogP contribution in [0.15, 0.2) is 11.4 Å². The van der Waals surface area contributed by atoms with Crippen LogP contribution in [0.25, 0.3) is 0 Å². The number of thiophene rings is 1. The second kappa shape index (κ2) is 6.19. The zero-order chi connectivity index (χ0) is 13.8. The molecule has 0 spiro atoms. The molecule has 1 heterocycles. The molecule has 4 nitrogen and oxygen atoms in total. The van der Waals surface area contributed by atoms with E-state index in [1.165, 1.54) is 10.4 Å². The summed E-state index contributed by atoms with van der Waals surface area (Å²) in [6, 6.07) is 2.08. The number of hydrogen-bond acceptors (Lipinski definition) is 3. The lowest BCUT2D eigenvalue weighted by molar-refractivity contribution is -0.141. The van der Waals surface area contributed by atoms with E-state index >= 15 is 0 Å². The van der Waals surface area contributed by atoms with E-state index in [1.807, 2.05) is 0 Å². The van der Waals surface area contributed by atoms with Crippen molar-refractivity contribution in [2.75, 3.05) is 6.54 Å². The van der Waals surface area contributed by atoms with Crippen molar-refractivity contribution >= 4 is 23.2 Å². The summed E-state index contributed by atoms with van der Waals surface area (Å²) in [5.41, 5.74) is 1.27. The highest BCUT2D eigenvalue weighted by Gasteiger charge is 2.33. The van der Waals surface area contributed by atoms with Crippen molar-refractivity contribution in [3.8, 4) is 0 Å². The minimum atomic E-state index is -0.774. The topological polar surface area (TPSA) is 66.4 Å². The Morgan fingerprint density at radius 1 is 1.42 bits per heavy atom. The van der Waals surface area contributed by atoms with Crippen molar-refractivity contribution in [2.45, 2.75) is 32.6 Å². The van der Waals surface area contributed by atoms with Crippen LogP contribution in [-0.2, 0) is 16.0 Å². The van der Waals surface area contributed by atoms with E-state index in [2.05, 4.69) is 23.7 Å². The van der Waals surface area contributed by atoms with Crippen molar-refractivity contribution in [2.24, 2.45) is 11.8 Å². The molecule has 104 valence electrons. The third-order valence-corrected chi connectivity index (χ3v) is 4.85. The lowest BCUT2D eigenvalue weighted by atomic mass is 10.0. The monoisotopic (exact) mass is 281 g/mol. The molecule has 5 heteroatoms. The van der Waals surface area contributed by atoms with Crippen LogP contribution in [0.1, 0.15) is 29.7 Å². The van der Waals surface area contributed by atoms with E-state index in [-0.39, 0.29) is 17.7 Å². The van der Waals surface area contributed by atoms with Gasteiger partial charge in [-0.1, -0.05) is 0 Å². The normalized spacial score (nSPS) is 22.4. The van der Waals surface area contributed by atoms with Gasteiger partial charge in [0.25, 0.3) is 0 Å². The first-order chi connectivity index (χ1) is 9.08. The summed E-state index contributed by atoms with van der Waals surface area (Å²) < 4.78 is 0. The minimum absolute atomic E-state index is 0.0120. The van der Waals surface area contributed by atoms with E-state index in [1.54, 1.807) is 11.3 Å². The maximum Gasteiger partial charge on any atom is 0.306 e. The van der Waals surface area contributed by atoms with Crippen LogP contribution in [0.3, 0.4) is 0 Å². The smallest absolute Gasteiger partial charge is 0.306 e. The molecule has 2 rings (SSSR count). The van der Waals surface area contributed by atoms with Crippen LogP contribution >= 0.6 is 11.3 Å². The Morgan fingerprint density at radius 3 is 2.74 bits per heavy atom. The van der Waals surface area contributed by atoms with E-state index in [0.717, 1.165) is 6.42 Å². The van der Waals surface area contributed by atoms with Crippen LogP contribution in [0.2, 0.25) is 0 Å². The predicted octanol–water partition coefficient (Wildman–Crippen LogP) is 2.22. The number of carbonyl (C=O) groups is 2. The number of hydrogen-bond donors (Lipinski definition) is 2. The summed E-state index contributed by atoms with van der Waals surface area (Å²) in [5, 5.41) is 13.9. The first-order valence-corrected chi connectivity index (χ1v) is 7.49. The zero-order valence-corrected chi connectivity index (χ0v) is 11.8. The number of carboxylic acid groups (broad SMARTS) is 1. The van der Waals surface area contributed by atoms with E-state index in [9.17, 15) is 9.59 Å². The lowest BCUT2D eigenvalue weighted by Gasteiger charge is -2.10. The van der Waals surface area contributed by atoms with Crippen LogP contribution in [0.5, 0.6) is 0 Å². The summed E-state index contributed by atoms with van der Waals surface area (Å²) in [6.07, 6.45) is 2.65. The molecule has 1 aliphatic carbocycles. The van der Waals surface area contributed by atoms with E-state index in [0.29, 0.717) is 25.8 Å². The van der Waals surface area contributed by atoms with Crippen molar-refractivity contribution in [3.05, 3.63) is 21.9 Å². The molecule has 0 bridgehead atoms. The maximum absolute atomic E-state index is 11.9. The molecule has 1 saturated carbocycles. The van der Waals surface area contributed by atoms with Gasteiger partial charge in [0, 0.05) is 17.3 Å². The highest BCUT2D eigenvalue weighted by Crippen LogP contribution is 2.31. The molecule has 0 saturated heterocycles. The van der Waals surface area contributed by atoms with Crippen LogP contribution in [0.4, 0.5) is 0 Å². The number of carboxylic acids is 1. The molecule has 1 amide bonds. The van der Waals surface area contributed by atoms with Crippen molar-refractivity contribution in [1.82, 2.24) is 5.32 Å². The van der Waals surface area contributed by atoms with Gasteiger partial charge in [-0.05, 0) is 49.6 Å². The third-order valence-electron chi connectivity index (χ3n) is 3.77. The fraction of sp³-hybridized carbons (Fsp3) is 0.571. The Bertz CT molecular complexity index is 469. The maximum atomic E-state index is 11.9. The number of aliphatic carboxylic acids is 1. The number of nitrogens with one attached hydrogen (secondary N) is 1. The lowest BCUT2D eigenvalue weighted by Crippen LogP contribution is -2.31. The average Bonchev–Trinajstić information content (AvgIpc) is 2.98. The van der Waals surface area contributed by atoms with Crippen LogP contribution in [-0.4, -0.2) is 23.5 Å². The third kappa shape index (κ3) is 3.56. The second-order valence-electron chi connectivity index (χ2n) is 5.11. The van der Waals surface area contributed by atoms with E-state index in [4.69, 9.17) is 5.11 Å². The minimum Gasteiger partial charge on any atom is -0.481 e. The standard InChI is InChI=1S/C14H19NO3S/c1-9-5-7-19-12(9)4-6-15-13(16)10-2-3-11(8-10)14(17)18/h5,7,10-11H,2-4,6,8H2,1H3,(H,15,16)(H,17,18)/t10-,11+/m1/s1. The number of aryl methyl sites for hydroxylation is 1. The molecule has 1 aromatic heterocycles. The van der Waals surface area contributed by atoms with Gasteiger partial charge in [-0.25, -0.2) is 0 Å². The van der Waals surface area contributed by atoms with E-state index < -0.39 is 5.97 Å². The fourth-order valence-corrected chi connectivity index (χ4v) is 3.46. The Balaban J connectivity index is 1.73. The molecule has 0 unspecified atom stereocenters. The molecule has 1 aliphatic rings. The van der Waals surface area contributed by atoms with Gasteiger partial charge in [-0.3, -0.25) is 9.59 Å². The molecule has 1 fully saturated rings. The van der Waals surface area contributed by atoms with Crippen molar-refractivity contribution in [1.29, 1.82) is 0 Å². The number of amides is 1. The fourth-order valence-electron chi connectivity index (χ4n) is 2.55. The molecule has 0 aliphatic heterocycles. The number of carbonyl (C=O) groups excluding carboxylic acids is 1. The summed E-state index contributed by atoms with van der Waals surface area (Å²) in [7, 11) is 0. The molecule has 0 aromatic carbocycles. The van der Waals surface area contributed by atoms with Gasteiger partial charge < -0.3 is 10.4 Å². The summed E-state index contributed by atoms with van der Waals surface area (Å²) in [5.74, 6) is -1.22.